The monoisotopic (exact) mass is 258 g/mol. The van der Waals surface area contributed by atoms with Gasteiger partial charge in [-0.3, -0.25) is 0 Å². The molecule has 0 saturated carbocycles. The zero-order valence-electron chi connectivity index (χ0n) is 7.66. The van der Waals surface area contributed by atoms with Crippen LogP contribution in [-0.2, 0) is 12.1 Å². The molecule has 0 radical (unpaired) electrons. The lowest BCUT2D eigenvalue weighted by molar-refractivity contribution is -0.137. The van der Waals surface area contributed by atoms with E-state index < -0.39 is 16.8 Å². The molecule has 0 aromatic heterocycles. The van der Waals surface area contributed by atoms with E-state index >= 15 is 0 Å². The third-order valence-electron chi connectivity index (χ3n) is 1.82. The minimum atomic E-state index is -4.48. The van der Waals surface area contributed by atoms with Crippen LogP contribution < -0.4 is 4.74 Å². The number of rotatable bonds is 2. The van der Waals surface area contributed by atoms with Gasteiger partial charge in [0.05, 0.1) is 23.6 Å². The molecular weight excluding hydrogens is 252 g/mol. The van der Waals surface area contributed by atoms with E-state index in [4.69, 9.17) is 27.9 Å². The summed E-state index contributed by atoms with van der Waals surface area (Å²) < 4.78 is 42.1. The highest BCUT2D eigenvalue weighted by Crippen LogP contribution is 2.38. The fourth-order valence-electron chi connectivity index (χ4n) is 1.11. The van der Waals surface area contributed by atoms with Crippen molar-refractivity contribution in [1.82, 2.24) is 0 Å². The maximum Gasteiger partial charge on any atom is 0.417 e. The quantitative estimate of drug-likeness (QED) is 0.726. The molecule has 15 heavy (non-hydrogen) atoms. The molecule has 1 nitrogen and oxygen atoms in total. The molecule has 0 amide bonds. The molecule has 0 unspecified atom stereocenters. The summed E-state index contributed by atoms with van der Waals surface area (Å²) in [7, 11) is 1.34. The van der Waals surface area contributed by atoms with Crippen LogP contribution in [0.1, 0.15) is 11.1 Å². The lowest BCUT2D eigenvalue weighted by atomic mass is 10.1. The van der Waals surface area contributed by atoms with Crippen LogP contribution in [0.15, 0.2) is 12.1 Å². The maximum absolute atomic E-state index is 12.4. The zero-order valence-corrected chi connectivity index (χ0v) is 9.17. The van der Waals surface area contributed by atoms with Crippen molar-refractivity contribution in [3.8, 4) is 5.75 Å². The Hall–Kier alpha value is -0.610. The second kappa shape index (κ2) is 4.49. The highest BCUT2D eigenvalue weighted by molar-refractivity contribution is 6.31. The number of halogens is 5. The summed E-state index contributed by atoms with van der Waals surface area (Å²) >= 11 is 11.0. The third kappa shape index (κ3) is 2.69. The van der Waals surface area contributed by atoms with E-state index in [1.165, 1.54) is 7.11 Å². The molecule has 1 aromatic carbocycles. The van der Waals surface area contributed by atoms with E-state index in [2.05, 4.69) is 0 Å². The summed E-state index contributed by atoms with van der Waals surface area (Å²) in [6.45, 7) is 0. The molecule has 0 bridgehead atoms. The SMILES string of the molecule is COc1cc(Cl)c(C(F)(F)F)cc1CCl. The molecule has 0 saturated heterocycles. The zero-order chi connectivity index (χ0) is 11.6. The summed E-state index contributed by atoms with van der Waals surface area (Å²) in [5, 5.41) is -0.395. The molecule has 84 valence electrons. The average molecular weight is 259 g/mol. The van der Waals surface area contributed by atoms with Crippen molar-refractivity contribution in [3.63, 3.8) is 0 Å². The Morgan fingerprint density at radius 3 is 2.33 bits per heavy atom. The molecule has 6 heteroatoms. The number of hydrogen-bond donors (Lipinski definition) is 0. The standard InChI is InChI=1S/C9H7Cl2F3O/c1-15-8-3-7(11)6(9(12,13)14)2-5(8)4-10/h2-3H,4H2,1H3. The van der Waals surface area contributed by atoms with Gasteiger partial charge in [-0.05, 0) is 12.1 Å². The Morgan fingerprint density at radius 2 is 1.93 bits per heavy atom. The Morgan fingerprint density at radius 1 is 1.33 bits per heavy atom. The largest absolute Gasteiger partial charge is 0.496 e. The van der Waals surface area contributed by atoms with Crippen molar-refractivity contribution < 1.29 is 17.9 Å². The van der Waals surface area contributed by atoms with E-state index in [1.54, 1.807) is 0 Å². The molecule has 1 aromatic rings. The first kappa shape index (κ1) is 12.5. The first-order valence-electron chi connectivity index (χ1n) is 3.89. The van der Waals surface area contributed by atoms with Crippen LogP contribution in [0.4, 0.5) is 13.2 Å². The van der Waals surface area contributed by atoms with Gasteiger partial charge in [-0.2, -0.15) is 13.2 Å². The minimum absolute atomic E-state index is 0.0660. The van der Waals surface area contributed by atoms with Crippen LogP contribution in [0.5, 0.6) is 5.75 Å². The maximum atomic E-state index is 12.4. The molecular formula is C9H7Cl2F3O. The van der Waals surface area contributed by atoms with Gasteiger partial charge in [0.25, 0.3) is 0 Å². The highest BCUT2D eigenvalue weighted by Gasteiger charge is 2.34. The second-order valence-electron chi connectivity index (χ2n) is 2.78. The van der Waals surface area contributed by atoms with E-state index in [-0.39, 0.29) is 17.2 Å². The van der Waals surface area contributed by atoms with Crippen molar-refractivity contribution in [2.45, 2.75) is 12.1 Å². The van der Waals surface area contributed by atoms with Crippen LogP contribution >= 0.6 is 23.2 Å². The summed E-state index contributed by atoms with van der Waals surface area (Å²) in [6, 6.07) is 2.01. The van der Waals surface area contributed by atoms with Gasteiger partial charge in [-0.25, -0.2) is 0 Å². The summed E-state index contributed by atoms with van der Waals surface area (Å²) in [6.07, 6.45) is -4.48. The number of benzene rings is 1. The van der Waals surface area contributed by atoms with Crippen molar-refractivity contribution in [1.29, 1.82) is 0 Å². The van der Waals surface area contributed by atoms with Crippen LogP contribution in [0, 0.1) is 0 Å². The molecule has 0 aliphatic rings. The van der Waals surface area contributed by atoms with Crippen molar-refractivity contribution in [2.75, 3.05) is 7.11 Å². The summed E-state index contributed by atoms with van der Waals surface area (Å²) in [5.41, 5.74) is -0.642. The van der Waals surface area contributed by atoms with E-state index in [0.717, 1.165) is 12.1 Å². The van der Waals surface area contributed by atoms with Crippen LogP contribution in [0.3, 0.4) is 0 Å². The van der Waals surface area contributed by atoms with Gasteiger partial charge in [-0.1, -0.05) is 11.6 Å². The molecule has 1 rings (SSSR count). The molecule has 0 heterocycles. The fraction of sp³-hybridized carbons (Fsp3) is 0.333. The molecule has 0 spiro atoms. The Labute approximate surface area is 94.7 Å². The Bertz CT molecular complexity index is 363. The third-order valence-corrected chi connectivity index (χ3v) is 2.42. The van der Waals surface area contributed by atoms with E-state index in [0.29, 0.717) is 0 Å². The number of methoxy groups -OCH3 is 1. The molecule has 0 aliphatic carbocycles. The average Bonchev–Trinajstić information content (AvgIpc) is 2.15. The molecule has 0 fully saturated rings. The van der Waals surface area contributed by atoms with Crippen molar-refractivity contribution in [3.05, 3.63) is 28.3 Å². The fourth-order valence-corrected chi connectivity index (χ4v) is 1.58. The predicted molar refractivity (Wildman–Crippen MR) is 52.6 cm³/mol. The van der Waals surface area contributed by atoms with Gasteiger partial charge >= 0.3 is 6.18 Å². The van der Waals surface area contributed by atoms with E-state index in [1.807, 2.05) is 0 Å². The summed E-state index contributed by atoms with van der Waals surface area (Å²) in [4.78, 5) is 0. The predicted octanol–water partition coefficient (Wildman–Crippen LogP) is 4.11. The van der Waals surface area contributed by atoms with Crippen molar-refractivity contribution >= 4 is 23.2 Å². The Balaban J connectivity index is 3.32. The van der Waals surface area contributed by atoms with Gasteiger partial charge in [0.2, 0.25) is 0 Å². The summed E-state index contributed by atoms with van der Waals surface area (Å²) in [5.74, 6) is 0.187. The van der Waals surface area contributed by atoms with Crippen molar-refractivity contribution in [2.24, 2.45) is 0 Å². The molecule has 0 aliphatic heterocycles. The second-order valence-corrected chi connectivity index (χ2v) is 3.45. The lowest BCUT2D eigenvalue weighted by Crippen LogP contribution is -2.07. The molecule has 0 atom stereocenters. The molecule has 0 N–H and O–H groups in total. The number of hydrogen-bond acceptors (Lipinski definition) is 1. The topological polar surface area (TPSA) is 9.23 Å². The van der Waals surface area contributed by atoms with E-state index in [9.17, 15) is 13.2 Å². The lowest BCUT2D eigenvalue weighted by Gasteiger charge is -2.13. The van der Waals surface area contributed by atoms with Crippen LogP contribution in [-0.4, -0.2) is 7.11 Å². The van der Waals surface area contributed by atoms with Crippen LogP contribution in [0.25, 0.3) is 0 Å². The number of ether oxygens (including phenoxy) is 1. The Kier molecular flexibility index (Phi) is 3.73. The van der Waals surface area contributed by atoms with Gasteiger partial charge in [0.1, 0.15) is 5.75 Å². The highest BCUT2D eigenvalue weighted by atomic mass is 35.5. The first-order chi connectivity index (χ1) is 6.90. The van der Waals surface area contributed by atoms with Gasteiger partial charge in [-0.15, -0.1) is 11.6 Å². The normalized spacial score (nSPS) is 11.6. The van der Waals surface area contributed by atoms with Gasteiger partial charge in [0, 0.05) is 5.56 Å². The van der Waals surface area contributed by atoms with Crippen LogP contribution in [0.2, 0.25) is 5.02 Å². The smallest absolute Gasteiger partial charge is 0.417 e. The minimum Gasteiger partial charge on any atom is -0.496 e. The number of alkyl halides is 4. The van der Waals surface area contributed by atoms with Gasteiger partial charge < -0.3 is 4.74 Å². The van der Waals surface area contributed by atoms with Gasteiger partial charge in [0.15, 0.2) is 0 Å². The first-order valence-corrected chi connectivity index (χ1v) is 4.81.